The van der Waals surface area contributed by atoms with Gasteiger partial charge in [0.2, 0.25) is 5.91 Å². The molecular formula is C14H14FN3O2. The molecule has 0 saturated carbocycles. The van der Waals surface area contributed by atoms with Crippen molar-refractivity contribution in [2.75, 3.05) is 11.4 Å². The van der Waals surface area contributed by atoms with Crippen molar-refractivity contribution < 1.29 is 14.0 Å². The Kier molecular flexibility index (Phi) is 3.22. The molecule has 5 nitrogen and oxygen atoms in total. The molecule has 0 fully saturated rings. The van der Waals surface area contributed by atoms with Crippen LogP contribution in [0.4, 0.5) is 10.1 Å². The summed E-state index contributed by atoms with van der Waals surface area (Å²) in [4.78, 5) is 24.9. The number of hydrogen-bond donors (Lipinski definition) is 1. The van der Waals surface area contributed by atoms with Crippen molar-refractivity contribution in [2.45, 2.75) is 25.7 Å². The summed E-state index contributed by atoms with van der Waals surface area (Å²) < 4.78 is 14.0. The van der Waals surface area contributed by atoms with E-state index in [1.165, 1.54) is 11.0 Å². The number of nitrogens with one attached hydrogen (secondary N) is 1. The van der Waals surface area contributed by atoms with Crippen LogP contribution < -0.4 is 10.3 Å². The third-order valence-electron chi connectivity index (χ3n) is 3.56. The molecule has 104 valence electrons. The lowest BCUT2D eigenvalue weighted by molar-refractivity contribution is -0.121. The third-order valence-corrected chi connectivity index (χ3v) is 3.56. The molecule has 20 heavy (non-hydrogen) atoms. The van der Waals surface area contributed by atoms with Crippen molar-refractivity contribution in [3.8, 4) is 0 Å². The van der Waals surface area contributed by atoms with Crippen LogP contribution in [-0.2, 0) is 16.0 Å². The topological polar surface area (TPSA) is 61.8 Å². The Morgan fingerprint density at radius 2 is 2.15 bits per heavy atom. The minimum absolute atomic E-state index is 0.202. The van der Waals surface area contributed by atoms with Gasteiger partial charge in [0.15, 0.2) is 0 Å². The van der Waals surface area contributed by atoms with Crippen molar-refractivity contribution in [3.05, 3.63) is 29.6 Å². The Labute approximate surface area is 115 Å². The zero-order valence-corrected chi connectivity index (χ0v) is 10.9. The molecule has 2 aliphatic heterocycles. The fourth-order valence-electron chi connectivity index (χ4n) is 2.59. The first-order valence-electron chi connectivity index (χ1n) is 6.61. The lowest BCUT2D eigenvalue weighted by Gasteiger charge is -2.30. The van der Waals surface area contributed by atoms with Crippen LogP contribution in [0.2, 0.25) is 0 Å². The number of carbonyl (C=O) groups is 2. The lowest BCUT2D eigenvalue weighted by atomic mass is 10.00. The van der Waals surface area contributed by atoms with E-state index in [1.807, 2.05) is 6.07 Å². The maximum absolute atomic E-state index is 14.0. The van der Waals surface area contributed by atoms with E-state index >= 15 is 0 Å². The zero-order valence-electron chi connectivity index (χ0n) is 10.9. The second-order valence-corrected chi connectivity index (χ2v) is 4.90. The van der Waals surface area contributed by atoms with Gasteiger partial charge in [0, 0.05) is 19.4 Å². The molecule has 0 aromatic heterocycles. The number of carbonyl (C=O) groups excluding carboxylic acids is 2. The van der Waals surface area contributed by atoms with Gasteiger partial charge in [0.05, 0.1) is 5.69 Å². The standard InChI is InChI=1S/C14H14FN3O2/c15-10-5-1-3-9-4-2-8-18(13(9)10)14(20)11-6-7-12(19)17-16-11/h1,3,5H,2,4,6-8H2,(H,17,19). The molecule has 0 spiro atoms. The van der Waals surface area contributed by atoms with Crippen molar-refractivity contribution in [3.63, 3.8) is 0 Å². The Hall–Kier alpha value is -2.24. The zero-order chi connectivity index (χ0) is 14.1. The molecular weight excluding hydrogens is 261 g/mol. The fourth-order valence-corrected chi connectivity index (χ4v) is 2.59. The third kappa shape index (κ3) is 2.17. The summed E-state index contributed by atoms with van der Waals surface area (Å²) in [6.07, 6.45) is 2.09. The number of amides is 2. The highest BCUT2D eigenvalue weighted by atomic mass is 19.1. The number of nitrogens with zero attached hydrogens (tertiary/aromatic N) is 2. The second-order valence-electron chi connectivity index (χ2n) is 4.90. The van der Waals surface area contributed by atoms with Crippen LogP contribution in [0.1, 0.15) is 24.8 Å². The van der Waals surface area contributed by atoms with Gasteiger partial charge in [-0.25, -0.2) is 9.82 Å². The quantitative estimate of drug-likeness (QED) is 0.841. The van der Waals surface area contributed by atoms with Gasteiger partial charge >= 0.3 is 0 Å². The highest BCUT2D eigenvalue weighted by molar-refractivity contribution is 6.44. The lowest BCUT2D eigenvalue weighted by Crippen LogP contribution is -2.43. The molecule has 0 saturated heterocycles. The molecule has 0 radical (unpaired) electrons. The van der Waals surface area contributed by atoms with Crippen molar-refractivity contribution in [1.82, 2.24) is 5.43 Å². The Morgan fingerprint density at radius 1 is 1.30 bits per heavy atom. The molecule has 0 unspecified atom stereocenters. The van der Waals surface area contributed by atoms with Crippen LogP contribution in [0.3, 0.4) is 0 Å². The summed E-state index contributed by atoms with van der Waals surface area (Å²) in [6, 6.07) is 4.84. The first kappa shape index (κ1) is 12.8. The smallest absolute Gasteiger partial charge is 0.274 e. The highest BCUT2D eigenvalue weighted by Gasteiger charge is 2.29. The minimum Gasteiger partial charge on any atom is -0.304 e. The number of benzene rings is 1. The number of hydrazone groups is 1. The van der Waals surface area contributed by atoms with Crippen LogP contribution >= 0.6 is 0 Å². The van der Waals surface area contributed by atoms with E-state index in [1.54, 1.807) is 6.07 Å². The summed E-state index contributed by atoms with van der Waals surface area (Å²) in [5.74, 6) is -0.918. The van der Waals surface area contributed by atoms with Crippen LogP contribution in [0.15, 0.2) is 23.3 Å². The van der Waals surface area contributed by atoms with Crippen LogP contribution in [0.25, 0.3) is 0 Å². The van der Waals surface area contributed by atoms with Crippen LogP contribution in [-0.4, -0.2) is 24.1 Å². The van der Waals surface area contributed by atoms with Gasteiger partial charge in [-0.15, -0.1) is 0 Å². The van der Waals surface area contributed by atoms with E-state index in [4.69, 9.17) is 0 Å². The summed E-state index contributed by atoms with van der Waals surface area (Å²) in [7, 11) is 0. The maximum atomic E-state index is 14.0. The fraction of sp³-hybridized carbons (Fsp3) is 0.357. The van der Waals surface area contributed by atoms with Gasteiger partial charge in [0.25, 0.3) is 5.91 Å². The first-order valence-corrected chi connectivity index (χ1v) is 6.61. The maximum Gasteiger partial charge on any atom is 0.274 e. The Balaban J connectivity index is 1.93. The number of anilines is 1. The van der Waals surface area contributed by atoms with E-state index in [2.05, 4.69) is 10.5 Å². The monoisotopic (exact) mass is 275 g/mol. The second kappa shape index (κ2) is 5.03. The average Bonchev–Trinajstić information content (AvgIpc) is 2.47. The van der Waals surface area contributed by atoms with Gasteiger partial charge in [-0.3, -0.25) is 9.59 Å². The van der Waals surface area contributed by atoms with Gasteiger partial charge in [-0.1, -0.05) is 12.1 Å². The van der Waals surface area contributed by atoms with Gasteiger partial charge in [-0.05, 0) is 24.5 Å². The molecule has 6 heteroatoms. The number of hydrogen-bond acceptors (Lipinski definition) is 3. The van der Waals surface area contributed by atoms with E-state index < -0.39 is 5.82 Å². The number of rotatable bonds is 1. The average molecular weight is 275 g/mol. The van der Waals surface area contributed by atoms with E-state index in [-0.39, 0.29) is 23.9 Å². The number of halogens is 1. The summed E-state index contributed by atoms with van der Waals surface area (Å²) in [5, 5.41) is 3.79. The Morgan fingerprint density at radius 3 is 2.90 bits per heavy atom. The van der Waals surface area contributed by atoms with Crippen molar-refractivity contribution in [1.29, 1.82) is 0 Å². The predicted molar refractivity (Wildman–Crippen MR) is 71.9 cm³/mol. The molecule has 0 aliphatic carbocycles. The predicted octanol–water partition coefficient (Wildman–Crippen LogP) is 1.37. The molecule has 0 atom stereocenters. The van der Waals surface area contributed by atoms with Crippen LogP contribution in [0, 0.1) is 5.82 Å². The molecule has 2 amide bonds. The van der Waals surface area contributed by atoms with E-state index in [0.717, 1.165) is 18.4 Å². The molecule has 1 aromatic carbocycles. The number of fused-ring (bicyclic) bond motifs is 1. The molecule has 2 heterocycles. The highest BCUT2D eigenvalue weighted by Crippen LogP contribution is 2.30. The molecule has 1 aromatic rings. The van der Waals surface area contributed by atoms with E-state index in [9.17, 15) is 14.0 Å². The van der Waals surface area contributed by atoms with Crippen molar-refractivity contribution >= 4 is 23.2 Å². The first-order chi connectivity index (χ1) is 9.66. The molecule has 1 N–H and O–H groups in total. The largest absolute Gasteiger partial charge is 0.304 e. The van der Waals surface area contributed by atoms with Gasteiger partial charge in [-0.2, -0.15) is 5.10 Å². The van der Waals surface area contributed by atoms with Crippen LogP contribution in [0.5, 0.6) is 0 Å². The van der Waals surface area contributed by atoms with Gasteiger partial charge in [0.1, 0.15) is 11.5 Å². The Bertz CT molecular complexity index is 612. The summed E-state index contributed by atoms with van der Waals surface area (Å²) in [5.41, 5.74) is 3.77. The number of para-hydroxylation sites is 1. The molecule has 3 rings (SSSR count). The van der Waals surface area contributed by atoms with E-state index in [0.29, 0.717) is 18.7 Å². The molecule has 0 bridgehead atoms. The number of aryl methyl sites for hydroxylation is 1. The summed E-state index contributed by atoms with van der Waals surface area (Å²) >= 11 is 0. The van der Waals surface area contributed by atoms with Gasteiger partial charge < -0.3 is 4.90 Å². The molecule has 2 aliphatic rings. The normalized spacial score (nSPS) is 18.1. The summed E-state index contributed by atoms with van der Waals surface area (Å²) in [6.45, 7) is 0.472. The minimum atomic E-state index is -0.393. The van der Waals surface area contributed by atoms with Crippen molar-refractivity contribution in [2.24, 2.45) is 5.10 Å². The SMILES string of the molecule is O=C1CCC(C(=O)N2CCCc3cccc(F)c32)=NN1.